The van der Waals surface area contributed by atoms with Crippen molar-refractivity contribution in [3.05, 3.63) is 15.8 Å². The Kier molecular flexibility index (Phi) is 7.14. The number of carbonyl (C=O) groups is 2. The van der Waals surface area contributed by atoms with Crippen molar-refractivity contribution in [1.29, 1.82) is 0 Å². The molecule has 9 heteroatoms. The van der Waals surface area contributed by atoms with Crippen LogP contribution in [0.5, 0.6) is 0 Å². The summed E-state index contributed by atoms with van der Waals surface area (Å²) >= 11 is 1.11. The van der Waals surface area contributed by atoms with Crippen LogP contribution in [-0.2, 0) is 19.6 Å². The van der Waals surface area contributed by atoms with Gasteiger partial charge in [-0.15, -0.1) is 11.3 Å². The van der Waals surface area contributed by atoms with E-state index in [2.05, 4.69) is 11.8 Å². The number of anilines is 1. The zero-order chi connectivity index (χ0) is 22.8. The monoisotopic (exact) mass is 466 g/mol. The van der Waals surface area contributed by atoms with E-state index in [9.17, 15) is 18.0 Å². The smallest absolute Gasteiger partial charge is 0.276 e. The molecule has 1 aliphatic heterocycles. The second-order valence-corrected chi connectivity index (χ2v) is 12.1. The molecule has 2 fully saturated rings. The van der Waals surface area contributed by atoms with Crippen molar-refractivity contribution in [1.82, 2.24) is 4.72 Å². The number of hydrogen-bond acceptors (Lipinski definition) is 6. The zero-order valence-electron chi connectivity index (χ0n) is 18.5. The Balaban J connectivity index is 2.06. The van der Waals surface area contributed by atoms with Crippen molar-refractivity contribution in [3.8, 4) is 11.8 Å². The minimum atomic E-state index is -3.75. The fraction of sp³-hybridized carbons (Fsp3) is 0.636. The molecule has 1 saturated heterocycles. The van der Waals surface area contributed by atoms with E-state index < -0.39 is 15.9 Å². The van der Waals surface area contributed by atoms with E-state index in [-0.39, 0.29) is 34.8 Å². The van der Waals surface area contributed by atoms with Crippen molar-refractivity contribution in [2.75, 3.05) is 24.4 Å². The number of hydrogen-bond donors (Lipinski definition) is 1. The number of nitrogens with zero attached hydrogens (tertiary/aromatic N) is 1. The normalized spacial score (nSPS) is 20.8. The van der Waals surface area contributed by atoms with Crippen LogP contribution < -0.4 is 9.62 Å². The Morgan fingerprint density at radius 3 is 2.55 bits per heavy atom. The van der Waals surface area contributed by atoms with E-state index in [1.54, 1.807) is 11.0 Å². The van der Waals surface area contributed by atoms with Gasteiger partial charge in [0.1, 0.15) is 11.5 Å². The van der Waals surface area contributed by atoms with E-state index >= 15 is 0 Å². The highest BCUT2D eigenvalue weighted by Crippen LogP contribution is 2.38. The highest BCUT2D eigenvalue weighted by Gasteiger charge is 2.38. The summed E-state index contributed by atoms with van der Waals surface area (Å²) < 4.78 is 31.0. The largest absolute Gasteiger partial charge is 0.369 e. The van der Waals surface area contributed by atoms with Crippen LogP contribution in [0.2, 0.25) is 0 Å². The quantitative estimate of drug-likeness (QED) is 0.688. The summed E-state index contributed by atoms with van der Waals surface area (Å²) in [6, 6.07) is 1.56. The SMILES string of the molecule is CC(C)(C)C#Cc1cc(N2C(=O)COC[C@H]2C2CCCCC2)c(C(=O)NS(C)(=O)=O)s1. The van der Waals surface area contributed by atoms with Crippen LogP contribution >= 0.6 is 11.3 Å². The molecule has 1 N–H and O–H groups in total. The van der Waals surface area contributed by atoms with Gasteiger partial charge in [-0.05, 0) is 45.6 Å². The van der Waals surface area contributed by atoms with Crippen molar-refractivity contribution in [3.63, 3.8) is 0 Å². The van der Waals surface area contributed by atoms with Gasteiger partial charge < -0.3 is 9.64 Å². The van der Waals surface area contributed by atoms with Gasteiger partial charge in [0.2, 0.25) is 10.0 Å². The molecule has 0 unspecified atom stereocenters. The van der Waals surface area contributed by atoms with Gasteiger partial charge in [0.05, 0.1) is 29.5 Å². The summed E-state index contributed by atoms with van der Waals surface area (Å²) in [6.07, 6.45) is 6.34. The molecule has 1 atom stereocenters. The maximum atomic E-state index is 13.0. The summed E-state index contributed by atoms with van der Waals surface area (Å²) in [5, 5.41) is 0. The lowest BCUT2D eigenvalue weighted by atomic mass is 9.83. The van der Waals surface area contributed by atoms with Gasteiger partial charge in [-0.3, -0.25) is 9.59 Å². The van der Waals surface area contributed by atoms with Gasteiger partial charge in [-0.1, -0.05) is 31.1 Å². The van der Waals surface area contributed by atoms with Crippen LogP contribution in [-0.4, -0.2) is 45.7 Å². The van der Waals surface area contributed by atoms with Gasteiger partial charge in [0, 0.05) is 5.41 Å². The fourth-order valence-electron chi connectivity index (χ4n) is 4.02. The maximum absolute atomic E-state index is 13.0. The van der Waals surface area contributed by atoms with Crippen LogP contribution in [0.4, 0.5) is 5.69 Å². The van der Waals surface area contributed by atoms with Gasteiger partial charge in [0.15, 0.2) is 0 Å². The number of amides is 2. The standard InChI is InChI=1S/C22H30N2O5S2/c1-22(2,3)11-10-16-12-17(20(30-16)21(26)23-31(4,27)28)24-18(13-29-14-19(24)25)15-8-6-5-7-9-15/h12,15,18H,5-9,13-14H2,1-4H3,(H,23,26)/t18-/m0/s1. The molecule has 0 spiro atoms. The highest BCUT2D eigenvalue weighted by atomic mass is 32.2. The molecule has 2 amide bonds. The summed E-state index contributed by atoms with van der Waals surface area (Å²) in [4.78, 5) is 28.2. The molecule has 7 nitrogen and oxygen atoms in total. The van der Waals surface area contributed by atoms with Crippen molar-refractivity contribution in [2.24, 2.45) is 11.3 Å². The molecule has 1 aromatic heterocycles. The van der Waals surface area contributed by atoms with E-state index in [4.69, 9.17) is 4.74 Å². The topological polar surface area (TPSA) is 92.8 Å². The molecule has 1 aromatic rings. The first-order valence-corrected chi connectivity index (χ1v) is 13.2. The third kappa shape index (κ3) is 6.31. The molecular formula is C22H30N2O5S2. The van der Waals surface area contributed by atoms with Gasteiger partial charge in [0.25, 0.3) is 11.8 Å². The van der Waals surface area contributed by atoms with E-state index in [1.165, 1.54) is 6.42 Å². The van der Waals surface area contributed by atoms with E-state index in [0.717, 1.165) is 43.3 Å². The molecule has 170 valence electrons. The number of thiophene rings is 1. The maximum Gasteiger partial charge on any atom is 0.276 e. The average molecular weight is 467 g/mol. The van der Waals surface area contributed by atoms with E-state index in [1.807, 2.05) is 25.5 Å². The van der Waals surface area contributed by atoms with Gasteiger partial charge >= 0.3 is 0 Å². The third-order valence-corrected chi connectivity index (χ3v) is 6.92. The first-order chi connectivity index (χ1) is 14.4. The van der Waals surface area contributed by atoms with E-state index in [0.29, 0.717) is 17.2 Å². The first-order valence-electron chi connectivity index (χ1n) is 10.5. The Labute approximate surface area is 188 Å². The van der Waals surface area contributed by atoms with Crippen LogP contribution in [0, 0.1) is 23.2 Å². The Hall–Kier alpha value is -1.89. The highest BCUT2D eigenvalue weighted by molar-refractivity contribution is 7.89. The molecule has 0 radical (unpaired) electrons. The van der Waals surface area contributed by atoms with Crippen molar-refractivity contribution >= 4 is 38.9 Å². The zero-order valence-corrected chi connectivity index (χ0v) is 20.1. The van der Waals surface area contributed by atoms with Crippen molar-refractivity contribution < 1.29 is 22.7 Å². The first kappa shape index (κ1) is 23.8. The summed E-state index contributed by atoms with van der Waals surface area (Å²) in [5.41, 5.74) is 0.187. The number of ether oxygens (including phenoxy) is 1. The Morgan fingerprint density at radius 1 is 1.26 bits per heavy atom. The average Bonchev–Trinajstić information content (AvgIpc) is 3.09. The number of morpholine rings is 1. The number of sulfonamides is 1. The number of rotatable bonds is 4. The lowest BCUT2D eigenvalue weighted by Crippen LogP contribution is -2.53. The predicted molar refractivity (Wildman–Crippen MR) is 122 cm³/mol. The summed E-state index contributed by atoms with van der Waals surface area (Å²) in [7, 11) is -3.75. The molecule has 31 heavy (non-hydrogen) atoms. The predicted octanol–water partition coefficient (Wildman–Crippen LogP) is 3.15. The fourth-order valence-corrected chi connectivity index (χ4v) is 5.42. The second-order valence-electron chi connectivity index (χ2n) is 9.27. The molecule has 2 aliphatic rings. The molecule has 0 bridgehead atoms. The van der Waals surface area contributed by atoms with Gasteiger partial charge in [-0.2, -0.15) is 0 Å². The Morgan fingerprint density at radius 2 is 1.94 bits per heavy atom. The van der Waals surface area contributed by atoms with Gasteiger partial charge in [-0.25, -0.2) is 13.1 Å². The minimum absolute atomic E-state index is 0.0603. The van der Waals surface area contributed by atoms with Crippen molar-refractivity contribution in [2.45, 2.75) is 58.9 Å². The molecule has 1 saturated carbocycles. The van der Waals surface area contributed by atoms with Crippen LogP contribution in [0.1, 0.15) is 67.4 Å². The molecule has 2 heterocycles. The molecule has 0 aromatic carbocycles. The lowest BCUT2D eigenvalue weighted by molar-refractivity contribution is -0.128. The summed E-state index contributed by atoms with van der Waals surface area (Å²) in [6.45, 7) is 6.29. The number of carbonyl (C=O) groups excluding carboxylic acids is 2. The van der Waals surface area contributed by atoms with Crippen LogP contribution in [0.15, 0.2) is 6.07 Å². The molecular weight excluding hydrogens is 436 g/mol. The second kappa shape index (κ2) is 9.31. The van der Waals surface area contributed by atoms with Crippen LogP contribution in [0.25, 0.3) is 0 Å². The third-order valence-electron chi connectivity index (χ3n) is 5.33. The minimum Gasteiger partial charge on any atom is -0.369 e. The Bertz CT molecular complexity index is 1000. The number of nitrogens with one attached hydrogen (secondary N) is 1. The summed E-state index contributed by atoms with van der Waals surface area (Å²) in [5.74, 6) is 5.54. The molecule has 1 aliphatic carbocycles. The molecule has 3 rings (SSSR count). The van der Waals surface area contributed by atoms with Crippen LogP contribution in [0.3, 0.4) is 0 Å². The lowest BCUT2D eigenvalue weighted by Gasteiger charge is -2.41.